The summed E-state index contributed by atoms with van der Waals surface area (Å²) in [7, 11) is 2.97. The van der Waals surface area contributed by atoms with Gasteiger partial charge < -0.3 is 14.2 Å². The van der Waals surface area contributed by atoms with Crippen LogP contribution < -0.4 is 9.47 Å². The zero-order chi connectivity index (χ0) is 17.7. The Hall–Kier alpha value is -2.53. The van der Waals surface area contributed by atoms with Gasteiger partial charge in [0.1, 0.15) is 11.5 Å². The molecule has 2 rings (SSSR count). The van der Waals surface area contributed by atoms with Gasteiger partial charge in [0.15, 0.2) is 6.10 Å². The van der Waals surface area contributed by atoms with Crippen molar-refractivity contribution in [2.24, 2.45) is 0 Å². The molecule has 0 fully saturated rings. The Morgan fingerprint density at radius 3 is 1.96 bits per heavy atom. The number of ketones is 1. The van der Waals surface area contributed by atoms with Gasteiger partial charge in [-0.3, -0.25) is 4.79 Å². The van der Waals surface area contributed by atoms with Crippen molar-refractivity contribution in [1.29, 1.82) is 0 Å². The molecule has 0 heterocycles. The van der Waals surface area contributed by atoms with Gasteiger partial charge in [-0.2, -0.15) is 0 Å². The second-order valence-electron chi connectivity index (χ2n) is 5.02. The number of halogens is 1. The molecule has 0 aliphatic carbocycles. The lowest BCUT2D eigenvalue weighted by molar-refractivity contribution is 0.0318. The predicted molar refractivity (Wildman–Crippen MR) is 90.2 cm³/mol. The molecular formula is C18H17ClO5. The van der Waals surface area contributed by atoms with Crippen LogP contribution in [0.2, 0.25) is 5.02 Å². The summed E-state index contributed by atoms with van der Waals surface area (Å²) in [5.74, 6) is -0.0344. The Kier molecular flexibility index (Phi) is 5.82. The van der Waals surface area contributed by atoms with Crippen LogP contribution in [0.25, 0.3) is 0 Å². The van der Waals surface area contributed by atoms with Crippen molar-refractivity contribution in [3.05, 3.63) is 58.6 Å². The molecule has 0 bridgehead atoms. The minimum Gasteiger partial charge on any atom is -0.497 e. The van der Waals surface area contributed by atoms with E-state index in [1.54, 1.807) is 30.3 Å². The first-order chi connectivity index (χ1) is 11.4. The van der Waals surface area contributed by atoms with Crippen LogP contribution >= 0.6 is 11.6 Å². The molecule has 0 aliphatic heterocycles. The SMILES string of the molecule is COc1cc(OC)cc(C(=O)O[C@H](C)C(=O)c2ccc(Cl)cc2)c1. The fourth-order valence-corrected chi connectivity index (χ4v) is 2.18. The molecule has 0 radical (unpaired) electrons. The summed E-state index contributed by atoms with van der Waals surface area (Å²) in [5.41, 5.74) is 0.657. The van der Waals surface area contributed by atoms with Crippen LogP contribution in [0.5, 0.6) is 11.5 Å². The average Bonchev–Trinajstić information content (AvgIpc) is 2.61. The summed E-state index contributed by atoms with van der Waals surface area (Å²) >= 11 is 5.80. The van der Waals surface area contributed by atoms with Crippen molar-refractivity contribution >= 4 is 23.4 Å². The number of hydrogen-bond donors (Lipinski definition) is 0. The Balaban J connectivity index is 2.13. The van der Waals surface area contributed by atoms with Gasteiger partial charge in [-0.25, -0.2) is 4.79 Å². The summed E-state index contributed by atoms with van der Waals surface area (Å²) in [4.78, 5) is 24.6. The maximum Gasteiger partial charge on any atom is 0.339 e. The van der Waals surface area contributed by atoms with Crippen LogP contribution in [0.1, 0.15) is 27.6 Å². The van der Waals surface area contributed by atoms with Crippen LogP contribution in [0.4, 0.5) is 0 Å². The molecule has 0 N–H and O–H groups in total. The number of methoxy groups -OCH3 is 2. The van der Waals surface area contributed by atoms with Gasteiger partial charge in [-0.05, 0) is 43.3 Å². The van der Waals surface area contributed by atoms with E-state index in [1.165, 1.54) is 33.3 Å². The van der Waals surface area contributed by atoms with E-state index < -0.39 is 12.1 Å². The average molecular weight is 349 g/mol. The maximum atomic E-state index is 12.3. The molecule has 1 atom stereocenters. The summed E-state index contributed by atoms with van der Waals surface area (Å²) in [5, 5.41) is 0.527. The monoisotopic (exact) mass is 348 g/mol. The molecule has 0 amide bonds. The summed E-state index contributed by atoms with van der Waals surface area (Å²) < 4.78 is 15.5. The lowest BCUT2D eigenvalue weighted by atomic mass is 10.1. The molecule has 0 saturated carbocycles. The summed E-state index contributed by atoms with van der Waals surface area (Å²) in [6.07, 6.45) is -0.934. The highest BCUT2D eigenvalue weighted by molar-refractivity contribution is 6.30. The van der Waals surface area contributed by atoms with E-state index in [0.29, 0.717) is 22.1 Å². The van der Waals surface area contributed by atoms with E-state index in [9.17, 15) is 9.59 Å². The normalized spacial score (nSPS) is 11.5. The lowest BCUT2D eigenvalue weighted by Crippen LogP contribution is -2.24. The van der Waals surface area contributed by atoms with Crippen LogP contribution in [0, 0.1) is 0 Å². The predicted octanol–water partition coefficient (Wildman–Crippen LogP) is 3.79. The first kappa shape index (κ1) is 17.8. The molecule has 5 nitrogen and oxygen atoms in total. The van der Waals surface area contributed by atoms with Gasteiger partial charge in [-0.1, -0.05) is 11.6 Å². The third-order valence-electron chi connectivity index (χ3n) is 3.37. The fraction of sp³-hybridized carbons (Fsp3) is 0.222. The number of carbonyl (C=O) groups excluding carboxylic acids is 2. The van der Waals surface area contributed by atoms with Crippen LogP contribution in [-0.4, -0.2) is 32.1 Å². The van der Waals surface area contributed by atoms with E-state index in [-0.39, 0.29) is 11.3 Å². The van der Waals surface area contributed by atoms with Crippen LogP contribution in [0.3, 0.4) is 0 Å². The quantitative estimate of drug-likeness (QED) is 0.587. The zero-order valence-electron chi connectivity index (χ0n) is 13.5. The van der Waals surface area contributed by atoms with Crippen molar-refractivity contribution < 1.29 is 23.8 Å². The third-order valence-corrected chi connectivity index (χ3v) is 3.62. The van der Waals surface area contributed by atoms with Crippen molar-refractivity contribution in [1.82, 2.24) is 0 Å². The van der Waals surface area contributed by atoms with Crippen LogP contribution in [-0.2, 0) is 4.74 Å². The zero-order valence-corrected chi connectivity index (χ0v) is 14.3. The second-order valence-corrected chi connectivity index (χ2v) is 5.46. The smallest absolute Gasteiger partial charge is 0.339 e. The summed E-state index contributed by atoms with van der Waals surface area (Å²) in [6.45, 7) is 1.52. The number of rotatable bonds is 6. The first-order valence-corrected chi connectivity index (χ1v) is 7.56. The molecule has 24 heavy (non-hydrogen) atoms. The van der Waals surface area contributed by atoms with E-state index >= 15 is 0 Å². The first-order valence-electron chi connectivity index (χ1n) is 7.18. The molecule has 0 saturated heterocycles. The van der Waals surface area contributed by atoms with Gasteiger partial charge in [0.2, 0.25) is 5.78 Å². The molecule has 0 aromatic heterocycles. The highest BCUT2D eigenvalue weighted by atomic mass is 35.5. The molecule has 0 aliphatic rings. The maximum absolute atomic E-state index is 12.3. The standard InChI is InChI=1S/C18H17ClO5/c1-11(17(20)12-4-6-14(19)7-5-12)24-18(21)13-8-15(22-2)10-16(9-13)23-3/h4-11H,1-3H3/t11-/m1/s1. The van der Waals surface area contributed by atoms with Crippen molar-refractivity contribution in [2.45, 2.75) is 13.0 Å². The fourth-order valence-electron chi connectivity index (χ4n) is 2.06. The Labute approximate surface area is 145 Å². The Morgan fingerprint density at radius 1 is 0.917 bits per heavy atom. The van der Waals surface area contributed by atoms with Crippen molar-refractivity contribution in [3.8, 4) is 11.5 Å². The number of ether oxygens (including phenoxy) is 3. The molecule has 2 aromatic rings. The van der Waals surface area contributed by atoms with Gasteiger partial charge in [0.05, 0.1) is 19.8 Å². The van der Waals surface area contributed by atoms with E-state index in [1.807, 2.05) is 0 Å². The summed E-state index contributed by atoms with van der Waals surface area (Å²) in [6, 6.07) is 11.1. The van der Waals surface area contributed by atoms with Crippen LogP contribution in [0.15, 0.2) is 42.5 Å². The number of esters is 1. The van der Waals surface area contributed by atoms with Gasteiger partial charge in [-0.15, -0.1) is 0 Å². The molecule has 2 aromatic carbocycles. The van der Waals surface area contributed by atoms with E-state index in [0.717, 1.165) is 0 Å². The minimum atomic E-state index is -0.934. The Morgan fingerprint density at radius 2 is 1.46 bits per heavy atom. The number of carbonyl (C=O) groups is 2. The second kappa shape index (κ2) is 7.84. The number of hydrogen-bond acceptors (Lipinski definition) is 5. The largest absolute Gasteiger partial charge is 0.497 e. The number of benzene rings is 2. The van der Waals surface area contributed by atoms with E-state index in [4.69, 9.17) is 25.8 Å². The molecular weight excluding hydrogens is 332 g/mol. The third kappa shape index (κ3) is 4.26. The Bertz CT molecular complexity index is 717. The lowest BCUT2D eigenvalue weighted by Gasteiger charge is -2.13. The highest BCUT2D eigenvalue weighted by Gasteiger charge is 2.21. The molecule has 0 unspecified atom stereocenters. The van der Waals surface area contributed by atoms with Gasteiger partial charge in [0.25, 0.3) is 0 Å². The molecule has 0 spiro atoms. The van der Waals surface area contributed by atoms with Crippen molar-refractivity contribution in [3.63, 3.8) is 0 Å². The van der Waals surface area contributed by atoms with Gasteiger partial charge >= 0.3 is 5.97 Å². The van der Waals surface area contributed by atoms with Crippen molar-refractivity contribution in [2.75, 3.05) is 14.2 Å². The van der Waals surface area contributed by atoms with E-state index in [2.05, 4.69) is 0 Å². The number of Topliss-reactive ketones (excluding diaryl/α,β-unsaturated/α-hetero) is 1. The highest BCUT2D eigenvalue weighted by Crippen LogP contribution is 2.23. The molecule has 6 heteroatoms. The minimum absolute atomic E-state index is 0.238. The van der Waals surface area contributed by atoms with Gasteiger partial charge in [0, 0.05) is 16.7 Å². The molecule has 126 valence electrons. The topological polar surface area (TPSA) is 61.8 Å².